The molecule has 1 fully saturated rings. The molecule has 1 saturated carbocycles. The predicted molar refractivity (Wildman–Crippen MR) is 94.8 cm³/mol. The Kier molecular flexibility index (Phi) is 9.11. The maximum Gasteiger partial charge on any atom is 0.387 e. The fraction of sp³-hybridized carbons (Fsp3) is 0.588. The minimum absolute atomic E-state index is 0. The number of nitrogens with two attached hydrogens (primary N) is 1. The zero-order chi connectivity index (χ0) is 19.2. The van der Waals surface area contributed by atoms with Crippen LogP contribution in [0, 0.1) is 5.41 Å². The Morgan fingerprint density at radius 2 is 1.74 bits per heavy atom. The van der Waals surface area contributed by atoms with Crippen molar-refractivity contribution in [2.75, 3.05) is 11.9 Å². The van der Waals surface area contributed by atoms with Gasteiger partial charge in [0, 0.05) is 12.5 Å². The third-order valence-electron chi connectivity index (χ3n) is 4.55. The maximum absolute atomic E-state index is 12.6. The largest absolute Gasteiger partial charge is 0.435 e. The van der Waals surface area contributed by atoms with E-state index in [0.29, 0.717) is 6.54 Å². The third-order valence-corrected chi connectivity index (χ3v) is 4.55. The van der Waals surface area contributed by atoms with E-state index in [4.69, 9.17) is 5.73 Å². The molecule has 0 aromatic heterocycles. The molecule has 1 aromatic rings. The van der Waals surface area contributed by atoms with Gasteiger partial charge in [0.15, 0.2) is 5.75 Å². The molecule has 5 nitrogen and oxygen atoms in total. The normalized spacial score (nSPS) is 16.0. The number of ether oxygens (including phenoxy) is 2. The van der Waals surface area contributed by atoms with Gasteiger partial charge >= 0.3 is 13.2 Å². The van der Waals surface area contributed by atoms with Crippen molar-refractivity contribution in [3.05, 3.63) is 18.2 Å². The second kappa shape index (κ2) is 10.6. The summed E-state index contributed by atoms with van der Waals surface area (Å²) in [4.78, 5) is 12.4. The molecule has 2 rings (SSSR count). The SMILES string of the molecule is Cl.NCC1(CC(=O)Nc2ccc(OC(F)F)cc2OC(F)F)CCCCC1. The number of carbonyl (C=O) groups excluding carboxylic acids is 1. The molecular weight excluding hydrogens is 392 g/mol. The van der Waals surface area contributed by atoms with Crippen molar-refractivity contribution < 1.29 is 31.8 Å². The average Bonchev–Trinajstić information content (AvgIpc) is 2.57. The van der Waals surface area contributed by atoms with Crippen molar-refractivity contribution in [1.82, 2.24) is 0 Å². The summed E-state index contributed by atoms with van der Waals surface area (Å²) in [6, 6.07) is 3.20. The van der Waals surface area contributed by atoms with Gasteiger partial charge in [0.2, 0.25) is 5.91 Å². The van der Waals surface area contributed by atoms with Crippen LogP contribution in [0.4, 0.5) is 23.2 Å². The Balaban J connectivity index is 0.00000364. The van der Waals surface area contributed by atoms with Gasteiger partial charge in [0.25, 0.3) is 0 Å². The lowest BCUT2D eigenvalue weighted by Crippen LogP contribution is -2.36. The van der Waals surface area contributed by atoms with E-state index in [-0.39, 0.29) is 41.6 Å². The van der Waals surface area contributed by atoms with Crippen LogP contribution in [0.2, 0.25) is 0 Å². The summed E-state index contributed by atoms with van der Waals surface area (Å²) in [5.41, 5.74) is 5.51. The molecular formula is C17H23ClF4N2O3. The molecule has 0 saturated heterocycles. The van der Waals surface area contributed by atoms with Gasteiger partial charge in [-0.3, -0.25) is 4.79 Å². The van der Waals surface area contributed by atoms with Crippen molar-refractivity contribution in [3.63, 3.8) is 0 Å². The summed E-state index contributed by atoms with van der Waals surface area (Å²) >= 11 is 0. The maximum atomic E-state index is 12.6. The highest BCUT2D eigenvalue weighted by Crippen LogP contribution is 2.39. The fourth-order valence-corrected chi connectivity index (χ4v) is 3.27. The van der Waals surface area contributed by atoms with E-state index in [0.717, 1.165) is 44.2 Å². The van der Waals surface area contributed by atoms with E-state index < -0.39 is 19.0 Å². The Morgan fingerprint density at radius 3 is 2.30 bits per heavy atom. The number of anilines is 1. The van der Waals surface area contributed by atoms with Gasteiger partial charge < -0.3 is 20.5 Å². The fourth-order valence-electron chi connectivity index (χ4n) is 3.27. The molecule has 0 atom stereocenters. The summed E-state index contributed by atoms with van der Waals surface area (Å²) in [6.07, 6.45) is 4.90. The van der Waals surface area contributed by atoms with Crippen molar-refractivity contribution in [2.24, 2.45) is 11.1 Å². The summed E-state index contributed by atoms with van der Waals surface area (Å²) in [6.45, 7) is -5.92. The number of rotatable bonds is 8. The standard InChI is InChI=1S/C17H22F4N2O3.ClH/c18-15(19)25-11-4-5-12(13(8-11)26-16(20)21)23-14(24)9-17(10-22)6-2-1-3-7-17;/h4-5,8,15-16H,1-3,6-7,9-10,22H2,(H,23,24);1H. The Morgan fingerprint density at radius 1 is 1.11 bits per heavy atom. The lowest BCUT2D eigenvalue weighted by atomic mass is 9.71. The minimum Gasteiger partial charge on any atom is -0.435 e. The molecule has 27 heavy (non-hydrogen) atoms. The second-order valence-electron chi connectivity index (χ2n) is 6.40. The molecule has 154 valence electrons. The highest BCUT2D eigenvalue weighted by molar-refractivity contribution is 5.92. The first-order chi connectivity index (χ1) is 12.3. The van der Waals surface area contributed by atoms with Gasteiger partial charge in [-0.05, 0) is 36.9 Å². The number of benzene rings is 1. The van der Waals surface area contributed by atoms with Crippen LogP contribution in [-0.2, 0) is 4.79 Å². The predicted octanol–water partition coefficient (Wildman–Crippen LogP) is 4.55. The zero-order valence-corrected chi connectivity index (χ0v) is 15.4. The van der Waals surface area contributed by atoms with E-state index >= 15 is 0 Å². The average molecular weight is 415 g/mol. The molecule has 0 bridgehead atoms. The number of hydrogen-bond acceptors (Lipinski definition) is 4. The highest BCUT2D eigenvalue weighted by Gasteiger charge is 2.33. The molecule has 1 aromatic carbocycles. The third kappa shape index (κ3) is 7.06. The van der Waals surface area contributed by atoms with Crippen LogP contribution >= 0.6 is 12.4 Å². The van der Waals surface area contributed by atoms with Gasteiger partial charge in [-0.15, -0.1) is 12.4 Å². The molecule has 0 aliphatic heterocycles. The van der Waals surface area contributed by atoms with Crippen LogP contribution in [-0.4, -0.2) is 25.7 Å². The number of halogens is 5. The van der Waals surface area contributed by atoms with Crippen LogP contribution in [0.3, 0.4) is 0 Å². The number of carbonyl (C=O) groups is 1. The van der Waals surface area contributed by atoms with Crippen molar-refractivity contribution in [1.29, 1.82) is 0 Å². The van der Waals surface area contributed by atoms with E-state index in [1.807, 2.05) is 0 Å². The molecule has 3 N–H and O–H groups in total. The van der Waals surface area contributed by atoms with Crippen LogP contribution in [0.1, 0.15) is 38.5 Å². The van der Waals surface area contributed by atoms with E-state index in [9.17, 15) is 22.4 Å². The number of amides is 1. The number of alkyl halides is 4. The van der Waals surface area contributed by atoms with Gasteiger partial charge in [0.1, 0.15) is 5.75 Å². The van der Waals surface area contributed by atoms with Crippen LogP contribution in [0.25, 0.3) is 0 Å². The zero-order valence-electron chi connectivity index (χ0n) is 14.6. The first kappa shape index (κ1) is 23.3. The Bertz CT molecular complexity index is 614. The quantitative estimate of drug-likeness (QED) is 0.612. The first-order valence-corrected chi connectivity index (χ1v) is 8.37. The van der Waals surface area contributed by atoms with Gasteiger partial charge in [-0.25, -0.2) is 0 Å². The minimum atomic E-state index is -3.18. The van der Waals surface area contributed by atoms with Crippen LogP contribution < -0.4 is 20.5 Å². The van der Waals surface area contributed by atoms with Crippen LogP contribution in [0.5, 0.6) is 11.5 Å². The number of nitrogens with one attached hydrogen (secondary N) is 1. The summed E-state index contributed by atoms with van der Waals surface area (Å²) < 4.78 is 58.2. The molecule has 10 heteroatoms. The monoisotopic (exact) mass is 414 g/mol. The summed E-state index contributed by atoms with van der Waals surface area (Å²) in [7, 11) is 0. The molecule has 0 radical (unpaired) electrons. The molecule has 1 aliphatic carbocycles. The second-order valence-corrected chi connectivity index (χ2v) is 6.40. The number of hydrogen-bond donors (Lipinski definition) is 2. The van der Waals surface area contributed by atoms with Crippen molar-refractivity contribution in [3.8, 4) is 11.5 Å². The van der Waals surface area contributed by atoms with Crippen molar-refractivity contribution in [2.45, 2.75) is 51.7 Å². The van der Waals surface area contributed by atoms with Gasteiger partial charge in [-0.1, -0.05) is 19.3 Å². The van der Waals surface area contributed by atoms with E-state index in [2.05, 4.69) is 14.8 Å². The van der Waals surface area contributed by atoms with E-state index in [1.54, 1.807) is 0 Å². The molecule has 0 heterocycles. The molecule has 0 spiro atoms. The van der Waals surface area contributed by atoms with Crippen LogP contribution in [0.15, 0.2) is 18.2 Å². The van der Waals surface area contributed by atoms with Crippen molar-refractivity contribution >= 4 is 24.0 Å². The highest BCUT2D eigenvalue weighted by atomic mass is 35.5. The summed E-state index contributed by atoms with van der Waals surface area (Å²) in [5, 5.41) is 2.51. The summed E-state index contributed by atoms with van der Waals surface area (Å²) in [5.74, 6) is -1.18. The molecule has 0 unspecified atom stereocenters. The topological polar surface area (TPSA) is 73.6 Å². The molecule has 1 aliphatic rings. The molecule has 1 amide bonds. The Hall–Kier alpha value is -1.74. The first-order valence-electron chi connectivity index (χ1n) is 8.37. The lowest BCUT2D eigenvalue weighted by molar-refractivity contribution is -0.119. The van der Waals surface area contributed by atoms with Gasteiger partial charge in [-0.2, -0.15) is 17.6 Å². The van der Waals surface area contributed by atoms with Gasteiger partial charge in [0.05, 0.1) is 5.69 Å². The Labute approximate surface area is 161 Å². The lowest BCUT2D eigenvalue weighted by Gasteiger charge is -2.35. The smallest absolute Gasteiger partial charge is 0.387 e. The van der Waals surface area contributed by atoms with E-state index in [1.165, 1.54) is 6.07 Å².